The van der Waals surface area contributed by atoms with Crippen LogP contribution in [0.1, 0.15) is 5.89 Å². The number of hydrogen-bond donors (Lipinski definition) is 0. The first-order chi connectivity index (χ1) is 11.5. The lowest BCUT2D eigenvalue weighted by Crippen LogP contribution is -2.04. The molecule has 0 aliphatic heterocycles. The first-order valence-electron chi connectivity index (χ1n) is 7.09. The summed E-state index contributed by atoms with van der Waals surface area (Å²) in [4.78, 5) is 3.42. The number of benzene rings is 1. The van der Waals surface area contributed by atoms with Gasteiger partial charge in [0.15, 0.2) is 0 Å². The topological polar surface area (TPSA) is 43.3 Å². The van der Waals surface area contributed by atoms with Crippen LogP contribution in [0.3, 0.4) is 0 Å². The van der Waals surface area contributed by atoms with E-state index < -0.39 is 12.1 Å². The molecule has 1 aromatic carbocycles. The highest BCUT2D eigenvalue weighted by atomic mass is 19.4. The van der Waals surface area contributed by atoms with E-state index in [1.54, 1.807) is 18.2 Å². The second-order valence-electron chi connectivity index (χ2n) is 5.26. The zero-order valence-corrected chi connectivity index (χ0v) is 12.2. The van der Waals surface area contributed by atoms with Gasteiger partial charge in [0.05, 0.1) is 0 Å². The van der Waals surface area contributed by atoms with Gasteiger partial charge in [-0.1, -0.05) is 29.4 Å². The Morgan fingerprint density at radius 2 is 1.75 bits per heavy atom. The van der Waals surface area contributed by atoms with Crippen molar-refractivity contribution >= 4 is 5.52 Å². The lowest BCUT2D eigenvalue weighted by atomic mass is 10.1. The minimum absolute atomic E-state index is 0.0899. The summed E-state index contributed by atoms with van der Waals surface area (Å²) in [6.07, 6.45) is -0.772. The predicted octanol–water partition coefficient (Wildman–Crippen LogP) is 4.68. The van der Waals surface area contributed by atoms with E-state index in [1.807, 2.05) is 47.1 Å². The molecular weight excluding hydrogens is 319 g/mol. The van der Waals surface area contributed by atoms with Crippen molar-refractivity contribution < 1.29 is 17.7 Å². The molecule has 0 aliphatic carbocycles. The molecule has 0 aliphatic rings. The molecule has 3 heterocycles. The highest BCUT2D eigenvalue weighted by Crippen LogP contribution is 2.31. The molecule has 0 fully saturated rings. The van der Waals surface area contributed by atoms with Crippen LogP contribution in [-0.4, -0.2) is 14.5 Å². The van der Waals surface area contributed by atoms with E-state index in [0.717, 1.165) is 16.6 Å². The maximum Gasteiger partial charge on any atom is 0.471 e. The van der Waals surface area contributed by atoms with Gasteiger partial charge in [-0.2, -0.15) is 18.2 Å². The van der Waals surface area contributed by atoms with Crippen LogP contribution >= 0.6 is 0 Å². The fourth-order valence-corrected chi connectivity index (χ4v) is 2.51. The molecule has 3 aromatic heterocycles. The van der Waals surface area contributed by atoms with E-state index in [2.05, 4.69) is 14.7 Å². The van der Waals surface area contributed by atoms with E-state index in [0.29, 0.717) is 5.56 Å². The van der Waals surface area contributed by atoms with Crippen LogP contribution in [0.2, 0.25) is 0 Å². The third-order valence-electron chi connectivity index (χ3n) is 3.63. The van der Waals surface area contributed by atoms with Gasteiger partial charge in [0.25, 0.3) is 0 Å². The molecule has 0 atom stereocenters. The molecule has 24 heavy (non-hydrogen) atoms. The van der Waals surface area contributed by atoms with Crippen molar-refractivity contribution in [1.29, 1.82) is 0 Å². The quantitative estimate of drug-likeness (QED) is 0.536. The van der Waals surface area contributed by atoms with Gasteiger partial charge < -0.3 is 8.92 Å². The van der Waals surface area contributed by atoms with Crippen LogP contribution in [0.25, 0.3) is 28.0 Å². The molecule has 4 rings (SSSR count). The van der Waals surface area contributed by atoms with Crippen molar-refractivity contribution in [2.24, 2.45) is 0 Å². The van der Waals surface area contributed by atoms with Crippen LogP contribution in [0.4, 0.5) is 13.2 Å². The molecule has 120 valence electrons. The third-order valence-corrected chi connectivity index (χ3v) is 3.63. The molecule has 0 amide bonds. The molecule has 0 unspecified atom stereocenters. The van der Waals surface area contributed by atoms with E-state index in [9.17, 15) is 13.2 Å². The number of pyridine rings is 1. The van der Waals surface area contributed by atoms with Gasteiger partial charge in [0, 0.05) is 29.0 Å². The summed E-state index contributed by atoms with van der Waals surface area (Å²) >= 11 is 0. The molecular formula is C17H10F3N3O. The number of alkyl halides is 3. The maximum absolute atomic E-state index is 12.6. The summed E-state index contributed by atoms with van der Waals surface area (Å²) < 4.78 is 44.0. The molecule has 0 bridgehead atoms. The minimum atomic E-state index is -4.65. The van der Waals surface area contributed by atoms with Crippen molar-refractivity contribution in [2.75, 3.05) is 0 Å². The normalized spacial score (nSPS) is 12.0. The number of fused-ring (bicyclic) bond motifs is 1. The first kappa shape index (κ1) is 14.5. The van der Waals surface area contributed by atoms with Crippen LogP contribution in [-0.2, 0) is 6.18 Å². The summed E-state index contributed by atoms with van der Waals surface area (Å²) in [5.74, 6) is -1.44. The Bertz CT molecular complexity index is 984. The van der Waals surface area contributed by atoms with Gasteiger partial charge >= 0.3 is 12.1 Å². The Kier molecular flexibility index (Phi) is 3.16. The Morgan fingerprint density at radius 3 is 2.50 bits per heavy atom. The smallest absolute Gasteiger partial charge is 0.329 e. The first-order valence-corrected chi connectivity index (χ1v) is 7.09. The molecule has 4 aromatic rings. The molecule has 0 N–H and O–H groups in total. The Hall–Kier alpha value is -3.09. The van der Waals surface area contributed by atoms with Gasteiger partial charge in [0.1, 0.15) is 0 Å². The van der Waals surface area contributed by atoms with E-state index >= 15 is 0 Å². The minimum Gasteiger partial charge on any atom is -0.329 e. The largest absolute Gasteiger partial charge is 0.471 e. The number of nitrogens with zero attached hydrogens (tertiary/aromatic N) is 3. The summed E-state index contributed by atoms with van der Waals surface area (Å²) in [5.41, 5.74) is 3.29. The standard InChI is InChI=1S/C17H10F3N3O/c18-17(19,20)16-21-15(22-24-16)12-5-3-4-11(8-12)13-9-14-6-1-2-7-23(14)10-13/h1-10H. The van der Waals surface area contributed by atoms with Crippen LogP contribution in [0.5, 0.6) is 0 Å². The zero-order chi connectivity index (χ0) is 16.7. The predicted molar refractivity (Wildman–Crippen MR) is 81.1 cm³/mol. The van der Waals surface area contributed by atoms with E-state index in [-0.39, 0.29) is 5.82 Å². The van der Waals surface area contributed by atoms with E-state index in [1.165, 1.54) is 0 Å². The van der Waals surface area contributed by atoms with Gasteiger partial charge in [-0.15, -0.1) is 0 Å². The van der Waals surface area contributed by atoms with Gasteiger partial charge in [-0.3, -0.25) is 0 Å². The second kappa shape index (κ2) is 5.23. The molecule has 0 saturated heterocycles. The third kappa shape index (κ3) is 2.54. The number of hydrogen-bond acceptors (Lipinski definition) is 3. The van der Waals surface area contributed by atoms with Crippen LogP contribution in [0, 0.1) is 0 Å². The maximum atomic E-state index is 12.6. The Labute approximate surface area is 134 Å². The molecule has 0 saturated carbocycles. The Morgan fingerprint density at radius 1 is 0.917 bits per heavy atom. The summed E-state index contributed by atoms with van der Waals surface area (Å²) in [7, 11) is 0. The lowest BCUT2D eigenvalue weighted by Gasteiger charge is -2.00. The highest BCUT2D eigenvalue weighted by molar-refractivity contribution is 5.74. The zero-order valence-electron chi connectivity index (χ0n) is 12.2. The molecule has 0 radical (unpaired) electrons. The van der Waals surface area contributed by atoms with Crippen molar-refractivity contribution in [3.63, 3.8) is 0 Å². The van der Waals surface area contributed by atoms with Crippen LogP contribution in [0.15, 0.2) is 65.4 Å². The number of rotatable bonds is 2. The average Bonchev–Trinajstić information content (AvgIpc) is 3.21. The van der Waals surface area contributed by atoms with Gasteiger partial charge in [0.2, 0.25) is 5.82 Å². The summed E-state index contributed by atoms with van der Waals surface area (Å²) in [6.45, 7) is 0. The second-order valence-corrected chi connectivity index (χ2v) is 5.26. The summed E-state index contributed by atoms with van der Waals surface area (Å²) in [6, 6.07) is 14.8. The SMILES string of the molecule is FC(F)(F)c1nc(-c2cccc(-c3cc4ccccn4c3)c2)no1. The van der Waals surface area contributed by atoms with Crippen molar-refractivity contribution in [3.8, 4) is 22.5 Å². The fourth-order valence-electron chi connectivity index (χ4n) is 2.51. The summed E-state index contributed by atoms with van der Waals surface area (Å²) in [5, 5.41) is 3.42. The monoisotopic (exact) mass is 329 g/mol. The average molecular weight is 329 g/mol. The fraction of sp³-hybridized carbons (Fsp3) is 0.0588. The van der Waals surface area contributed by atoms with Gasteiger partial charge in [-0.05, 0) is 29.8 Å². The highest BCUT2D eigenvalue weighted by Gasteiger charge is 2.38. The van der Waals surface area contributed by atoms with Gasteiger partial charge in [-0.25, -0.2) is 0 Å². The van der Waals surface area contributed by atoms with Crippen molar-refractivity contribution in [2.45, 2.75) is 6.18 Å². The Balaban J connectivity index is 1.74. The molecule has 7 heteroatoms. The number of aromatic nitrogens is 3. The molecule has 0 spiro atoms. The van der Waals surface area contributed by atoms with E-state index in [4.69, 9.17) is 0 Å². The molecule has 4 nitrogen and oxygen atoms in total. The van der Waals surface area contributed by atoms with Crippen molar-refractivity contribution in [1.82, 2.24) is 14.5 Å². The number of halogens is 3. The van der Waals surface area contributed by atoms with Crippen molar-refractivity contribution in [3.05, 3.63) is 66.8 Å². The van der Waals surface area contributed by atoms with Crippen LogP contribution < -0.4 is 0 Å². The lowest BCUT2D eigenvalue weighted by molar-refractivity contribution is -0.159.